The molecule has 1 saturated heterocycles. The van der Waals surface area contributed by atoms with Crippen molar-refractivity contribution in [1.82, 2.24) is 9.88 Å². The third-order valence-electron chi connectivity index (χ3n) is 3.44. The second kappa shape index (κ2) is 4.38. The number of aryl methyl sites for hydroxylation is 1. The number of hydrogen-bond donors (Lipinski definition) is 1. The molecule has 3 rings (SSSR count). The van der Waals surface area contributed by atoms with Crippen LogP contribution in [0.1, 0.15) is 5.01 Å². The minimum atomic E-state index is 0.125. The van der Waals surface area contributed by atoms with Crippen molar-refractivity contribution in [2.24, 2.45) is 0 Å². The number of hydrogen-bond acceptors (Lipinski definition) is 5. The Morgan fingerprint density at radius 3 is 2.89 bits per heavy atom. The molecule has 2 heterocycles. The Morgan fingerprint density at radius 2 is 2.16 bits per heavy atom. The van der Waals surface area contributed by atoms with E-state index in [1.54, 1.807) is 16.2 Å². The first-order chi connectivity index (χ1) is 9.04. The smallest absolute Gasteiger partial charge is 0.241 e. The molecule has 1 aromatic carbocycles. The topological polar surface area (TPSA) is 62.5 Å². The monoisotopic (exact) mass is 276 g/mol. The molecular weight excluding hydrogens is 260 g/mol. The second-order valence-corrected chi connectivity index (χ2v) is 6.08. The highest BCUT2D eigenvalue weighted by Gasteiger charge is 2.23. The van der Waals surface area contributed by atoms with Crippen molar-refractivity contribution in [2.75, 3.05) is 37.3 Å². The standard InChI is InChI=1S/C13H16N4OS/c1-8-15-10-6-11(9(14)5-12(10)19-8)17-4-3-16(2)13(18)7-17/h5-6H,3-4,7,14H2,1-2H3. The Kier molecular flexibility index (Phi) is 2.82. The average Bonchev–Trinajstić information content (AvgIpc) is 2.71. The predicted molar refractivity (Wildman–Crippen MR) is 78.6 cm³/mol. The van der Waals surface area contributed by atoms with Gasteiger partial charge in [0.05, 0.1) is 33.1 Å². The summed E-state index contributed by atoms with van der Waals surface area (Å²) in [6.07, 6.45) is 0. The molecule has 0 unspecified atom stereocenters. The van der Waals surface area contributed by atoms with Gasteiger partial charge >= 0.3 is 0 Å². The zero-order valence-electron chi connectivity index (χ0n) is 11.0. The molecule has 0 atom stereocenters. The van der Waals surface area contributed by atoms with Crippen LogP contribution in [0.15, 0.2) is 12.1 Å². The van der Waals surface area contributed by atoms with Crippen LogP contribution in [0.4, 0.5) is 11.4 Å². The second-order valence-electron chi connectivity index (χ2n) is 4.85. The molecule has 2 aromatic rings. The molecule has 0 aliphatic carbocycles. The van der Waals surface area contributed by atoms with Gasteiger partial charge in [-0.2, -0.15) is 0 Å². The first-order valence-electron chi connectivity index (χ1n) is 6.20. The number of carbonyl (C=O) groups excluding carboxylic acids is 1. The van der Waals surface area contributed by atoms with Crippen LogP contribution < -0.4 is 10.6 Å². The largest absolute Gasteiger partial charge is 0.397 e. The third-order valence-corrected chi connectivity index (χ3v) is 4.38. The van der Waals surface area contributed by atoms with Gasteiger partial charge in [-0.1, -0.05) is 0 Å². The van der Waals surface area contributed by atoms with Crippen LogP contribution in [-0.4, -0.2) is 42.5 Å². The molecule has 1 aliphatic heterocycles. The van der Waals surface area contributed by atoms with Crippen LogP contribution in [0.3, 0.4) is 0 Å². The van der Waals surface area contributed by atoms with Crippen molar-refractivity contribution >= 4 is 38.8 Å². The molecule has 0 radical (unpaired) electrons. The number of nitrogen functional groups attached to an aromatic ring is 1. The summed E-state index contributed by atoms with van der Waals surface area (Å²) in [6, 6.07) is 3.95. The van der Waals surface area contributed by atoms with E-state index in [4.69, 9.17) is 5.73 Å². The lowest BCUT2D eigenvalue weighted by molar-refractivity contribution is -0.129. The number of piperazine rings is 1. The summed E-state index contributed by atoms with van der Waals surface area (Å²) in [5.41, 5.74) is 8.71. The van der Waals surface area contributed by atoms with E-state index in [1.807, 2.05) is 31.0 Å². The van der Waals surface area contributed by atoms with Gasteiger partial charge in [0, 0.05) is 20.1 Å². The molecule has 1 aromatic heterocycles. The van der Waals surface area contributed by atoms with Gasteiger partial charge in [-0.05, 0) is 19.1 Å². The van der Waals surface area contributed by atoms with E-state index in [0.29, 0.717) is 12.2 Å². The average molecular weight is 276 g/mol. The van der Waals surface area contributed by atoms with Crippen LogP contribution in [0.2, 0.25) is 0 Å². The first-order valence-corrected chi connectivity index (χ1v) is 7.02. The number of nitrogens with zero attached hydrogens (tertiary/aromatic N) is 3. The molecule has 100 valence electrons. The molecule has 0 spiro atoms. The summed E-state index contributed by atoms with van der Waals surface area (Å²) >= 11 is 1.64. The van der Waals surface area contributed by atoms with E-state index in [2.05, 4.69) is 4.98 Å². The SMILES string of the molecule is Cc1nc2cc(N3CCN(C)C(=O)C3)c(N)cc2s1. The molecule has 6 heteroatoms. The number of thiazole rings is 1. The molecule has 2 N–H and O–H groups in total. The lowest BCUT2D eigenvalue weighted by atomic mass is 10.2. The summed E-state index contributed by atoms with van der Waals surface area (Å²) in [6.45, 7) is 3.91. The van der Waals surface area contributed by atoms with Gasteiger partial charge in [0.25, 0.3) is 0 Å². The Labute approximate surface area is 115 Å². The fraction of sp³-hybridized carbons (Fsp3) is 0.385. The van der Waals surface area contributed by atoms with Crippen LogP contribution in [-0.2, 0) is 4.79 Å². The van der Waals surface area contributed by atoms with E-state index >= 15 is 0 Å². The normalized spacial score (nSPS) is 16.4. The molecule has 19 heavy (non-hydrogen) atoms. The maximum atomic E-state index is 11.8. The Balaban J connectivity index is 2.00. The van der Waals surface area contributed by atoms with Gasteiger partial charge in [-0.15, -0.1) is 11.3 Å². The van der Waals surface area contributed by atoms with Crippen molar-refractivity contribution in [3.8, 4) is 0 Å². The lowest BCUT2D eigenvalue weighted by Gasteiger charge is -2.34. The number of likely N-dealkylation sites (N-methyl/N-ethyl adjacent to an activating group) is 1. The maximum absolute atomic E-state index is 11.8. The highest BCUT2D eigenvalue weighted by atomic mass is 32.1. The number of carbonyl (C=O) groups is 1. The summed E-state index contributed by atoms with van der Waals surface area (Å²) in [5, 5.41) is 1.03. The van der Waals surface area contributed by atoms with Crippen LogP contribution >= 0.6 is 11.3 Å². The maximum Gasteiger partial charge on any atom is 0.241 e. The summed E-state index contributed by atoms with van der Waals surface area (Å²) < 4.78 is 1.10. The number of benzene rings is 1. The number of nitrogens with two attached hydrogens (primary N) is 1. The lowest BCUT2D eigenvalue weighted by Crippen LogP contribution is -2.48. The Bertz CT molecular complexity index is 651. The zero-order chi connectivity index (χ0) is 13.6. The van der Waals surface area contributed by atoms with Crippen molar-refractivity contribution in [2.45, 2.75) is 6.92 Å². The number of rotatable bonds is 1. The van der Waals surface area contributed by atoms with Gasteiger partial charge in [0.15, 0.2) is 0 Å². The van der Waals surface area contributed by atoms with E-state index in [9.17, 15) is 4.79 Å². The third kappa shape index (κ3) is 2.12. The van der Waals surface area contributed by atoms with Gasteiger partial charge < -0.3 is 15.5 Å². The fourth-order valence-electron chi connectivity index (χ4n) is 2.33. The van der Waals surface area contributed by atoms with Crippen molar-refractivity contribution in [3.05, 3.63) is 17.1 Å². The molecule has 1 aliphatic rings. The van der Waals surface area contributed by atoms with Gasteiger partial charge in [-0.3, -0.25) is 4.79 Å². The Morgan fingerprint density at radius 1 is 1.37 bits per heavy atom. The minimum Gasteiger partial charge on any atom is -0.397 e. The van der Waals surface area contributed by atoms with Crippen LogP contribution in [0.5, 0.6) is 0 Å². The summed E-state index contributed by atoms with van der Waals surface area (Å²) in [7, 11) is 1.83. The molecule has 0 saturated carbocycles. The zero-order valence-corrected chi connectivity index (χ0v) is 11.8. The quantitative estimate of drug-likeness (QED) is 0.801. The molecule has 1 amide bonds. The minimum absolute atomic E-state index is 0.125. The summed E-state index contributed by atoms with van der Waals surface area (Å²) in [4.78, 5) is 20.1. The molecule has 0 bridgehead atoms. The van der Waals surface area contributed by atoms with Crippen molar-refractivity contribution in [1.29, 1.82) is 0 Å². The Hall–Kier alpha value is -1.82. The van der Waals surface area contributed by atoms with Crippen LogP contribution in [0, 0.1) is 6.92 Å². The molecular formula is C13H16N4OS. The van der Waals surface area contributed by atoms with E-state index < -0.39 is 0 Å². The van der Waals surface area contributed by atoms with Crippen LogP contribution in [0.25, 0.3) is 10.2 Å². The van der Waals surface area contributed by atoms with Gasteiger partial charge in [0.2, 0.25) is 5.91 Å². The van der Waals surface area contributed by atoms with Gasteiger partial charge in [-0.25, -0.2) is 4.98 Å². The van der Waals surface area contributed by atoms with E-state index in [-0.39, 0.29) is 5.91 Å². The first kappa shape index (κ1) is 12.2. The van der Waals surface area contributed by atoms with E-state index in [1.165, 1.54) is 0 Å². The number of anilines is 2. The predicted octanol–water partition coefficient (Wildman–Crippen LogP) is 1.47. The van der Waals surface area contributed by atoms with Crippen molar-refractivity contribution < 1.29 is 4.79 Å². The number of fused-ring (bicyclic) bond motifs is 1. The van der Waals surface area contributed by atoms with Gasteiger partial charge in [0.1, 0.15) is 0 Å². The van der Waals surface area contributed by atoms with E-state index in [0.717, 1.165) is 34.0 Å². The highest BCUT2D eigenvalue weighted by molar-refractivity contribution is 7.18. The number of aromatic nitrogens is 1. The molecule has 1 fully saturated rings. The number of amides is 1. The highest BCUT2D eigenvalue weighted by Crippen LogP contribution is 2.32. The fourth-order valence-corrected chi connectivity index (χ4v) is 3.19. The van der Waals surface area contributed by atoms with Crippen molar-refractivity contribution in [3.63, 3.8) is 0 Å². The molecule has 5 nitrogen and oxygen atoms in total. The summed E-state index contributed by atoms with van der Waals surface area (Å²) in [5.74, 6) is 0.125.